The zero-order valence-electron chi connectivity index (χ0n) is 10.3. The number of halogens is 1. The molecule has 0 fully saturated rings. The van der Waals surface area contributed by atoms with Crippen LogP contribution in [0.3, 0.4) is 0 Å². The van der Waals surface area contributed by atoms with Crippen LogP contribution in [0.25, 0.3) is 0 Å². The van der Waals surface area contributed by atoms with E-state index in [1.54, 1.807) is 0 Å². The van der Waals surface area contributed by atoms with E-state index in [0.717, 1.165) is 13.1 Å². The van der Waals surface area contributed by atoms with Crippen LogP contribution >= 0.6 is 11.6 Å². The molecule has 92 valence electrons. The molecule has 6 heteroatoms. The average Bonchev–Trinajstić information content (AvgIpc) is 2.31. The zero-order chi connectivity index (χ0) is 12.8. The van der Waals surface area contributed by atoms with Gasteiger partial charge in [0.15, 0.2) is 11.0 Å². The van der Waals surface area contributed by atoms with Crippen molar-refractivity contribution in [3.8, 4) is 6.07 Å². The first-order chi connectivity index (χ1) is 8.17. The van der Waals surface area contributed by atoms with Gasteiger partial charge in [0.2, 0.25) is 5.95 Å². The first kappa shape index (κ1) is 13.5. The number of rotatable bonds is 5. The normalized spacial score (nSPS) is 9.82. The topological polar surface area (TPSA) is 64.8 Å². The Morgan fingerprint density at radius 3 is 2.41 bits per heavy atom. The molecule has 0 unspecified atom stereocenters. The first-order valence-corrected chi connectivity index (χ1v) is 6.02. The molecule has 0 aliphatic rings. The molecule has 0 saturated carbocycles. The van der Waals surface area contributed by atoms with Crippen molar-refractivity contribution in [3.05, 3.63) is 10.7 Å². The van der Waals surface area contributed by atoms with Crippen LogP contribution in [0.5, 0.6) is 0 Å². The van der Waals surface area contributed by atoms with Crippen molar-refractivity contribution in [1.82, 2.24) is 9.97 Å². The summed E-state index contributed by atoms with van der Waals surface area (Å²) in [6.07, 6.45) is 0. The second-order valence-corrected chi connectivity index (χ2v) is 3.71. The molecule has 0 spiro atoms. The van der Waals surface area contributed by atoms with Crippen molar-refractivity contribution in [2.24, 2.45) is 0 Å². The van der Waals surface area contributed by atoms with E-state index in [0.29, 0.717) is 23.9 Å². The van der Waals surface area contributed by atoms with Crippen LogP contribution in [0.4, 0.5) is 11.8 Å². The van der Waals surface area contributed by atoms with E-state index in [2.05, 4.69) is 21.4 Å². The van der Waals surface area contributed by atoms with Crippen LogP contribution in [-0.4, -0.2) is 29.6 Å². The SMILES string of the molecule is CCNc1nc(Cl)c(C#N)c(N(CC)CC)n1. The highest BCUT2D eigenvalue weighted by atomic mass is 35.5. The van der Waals surface area contributed by atoms with Crippen LogP contribution in [0.2, 0.25) is 5.15 Å². The van der Waals surface area contributed by atoms with Gasteiger partial charge in [-0.1, -0.05) is 11.6 Å². The Kier molecular flexibility index (Phi) is 4.98. The summed E-state index contributed by atoms with van der Waals surface area (Å²) in [4.78, 5) is 10.4. The van der Waals surface area contributed by atoms with E-state index >= 15 is 0 Å². The van der Waals surface area contributed by atoms with Crippen molar-refractivity contribution in [1.29, 1.82) is 5.26 Å². The fourth-order valence-electron chi connectivity index (χ4n) is 1.51. The molecule has 0 radical (unpaired) electrons. The van der Waals surface area contributed by atoms with Gasteiger partial charge in [0.05, 0.1) is 0 Å². The lowest BCUT2D eigenvalue weighted by molar-refractivity contribution is 0.839. The van der Waals surface area contributed by atoms with Crippen molar-refractivity contribution in [2.75, 3.05) is 29.9 Å². The number of nitriles is 1. The third-order valence-corrected chi connectivity index (χ3v) is 2.63. The van der Waals surface area contributed by atoms with E-state index in [1.807, 2.05) is 25.7 Å². The summed E-state index contributed by atoms with van der Waals surface area (Å²) >= 11 is 5.99. The van der Waals surface area contributed by atoms with E-state index in [4.69, 9.17) is 16.9 Å². The van der Waals surface area contributed by atoms with Gasteiger partial charge in [0.25, 0.3) is 0 Å². The fourth-order valence-corrected chi connectivity index (χ4v) is 1.71. The number of hydrogen-bond donors (Lipinski definition) is 1. The third-order valence-electron chi connectivity index (χ3n) is 2.36. The number of aromatic nitrogens is 2. The van der Waals surface area contributed by atoms with Crippen LogP contribution < -0.4 is 10.2 Å². The van der Waals surface area contributed by atoms with Gasteiger partial charge in [0.1, 0.15) is 11.6 Å². The molecule has 1 heterocycles. The van der Waals surface area contributed by atoms with Gasteiger partial charge in [-0.3, -0.25) is 0 Å². The van der Waals surface area contributed by atoms with Gasteiger partial charge >= 0.3 is 0 Å². The average molecular weight is 254 g/mol. The number of anilines is 2. The summed E-state index contributed by atoms with van der Waals surface area (Å²) < 4.78 is 0. The maximum atomic E-state index is 9.10. The van der Waals surface area contributed by atoms with Gasteiger partial charge in [-0.05, 0) is 20.8 Å². The Labute approximate surface area is 106 Å². The molecule has 1 N–H and O–H groups in total. The molecule has 0 aliphatic carbocycles. The van der Waals surface area contributed by atoms with Crippen molar-refractivity contribution >= 4 is 23.4 Å². The lowest BCUT2D eigenvalue weighted by atomic mass is 10.3. The van der Waals surface area contributed by atoms with E-state index in [1.165, 1.54) is 0 Å². The maximum Gasteiger partial charge on any atom is 0.226 e. The minimum Gasteiger partial charge on any atom is -0.356 e. The molecule has 0 atom stereocenters. The molecule has 17 heavy (non-hydrogen) atoms. The molecule has 1 rings (SSSR count). The molecule has 0 saturated heterocycles. The summed E-state index contributed by atoms with van der Waals surface area (Å²) in [6, 6.07) is 2.06. The van der Waals surface area contributed by atoms with Crippen LogP contribution in [0.15, 0.2) is 0 Å². The monoisotopic (exact) mass is 253 g/mol. The van der Waals surface area contributed by atoms with Gasteiger partial charge in [0, 0.05) is 19.6 Å². The number of nitrogens with one attached hydrogen (secondary N) is 1. The number of nitrogens with zero attached hydrogens (tertiary/aromatic N) is 4. The van der Waals surface area contributed by atoms with Crippen LogP contribution in [0, 0.1) is 11.3 Å². The van der Waals surface area contributed by atoms with E-state index in [9.17, 15) is 0 Å². The first-order valence-electron chi connectivity index (χ1n) is 5.64. The largest absolute Gasteiger partial charge is 0.356 e. The van der Waals surface area contributed by atoms with Crippen LogP contribution in [-0.2, 0) is 0 Å². The molecular weight excluding hydrogens is 238 g/mol. The smallest absolute Gasteiger partial charge is 0.226 e. The molecule has 0 aliphatic heterocycles. The molecule has 0 aromatic carbocycles. The Balaban J connectivity index is 3.28. The van der Waals surface area contributed by atoms with Gasteiger partial charge in [-0.15, -0.1) is 0 Å². The molecule has 1 aromatic rings. The summed E-state index contributed by atoms with van der Waals surface area (Å²) in [5.41, 5.74) is 0.331. The molecule has 0 amide bonds. The standard InChI is InChI=1S/C11H16ClN5/c1-4-14-11-15-9(12)8(7-13)10(16-11)17(5-2)6-3/h4-6H2,1-3H3,(H,14,15,16). The van der Waals surface area contributed by atoms with Gasteiger partial charge < -0.3 is 10.2 Å². The lowest BCUT2D eigenvalue weighted by Crippen LogP contribution is -2.25. The van der Waals surface area contributed by atoms with Crippen molar-refractivity contribution in [3.63, 3.8) is 0 Å². The zero-order valence-corrected chi connectivity index (χ0v) is 11.0. The van der Waals surface area contributed by atoms with Gasteiger partial charge in [-0.25, -0.2) is 0 Å². The third kappa shape index (κ3) is 2.98. The molecule has 0 bridgehead atoms. The van der Waals surface area contributed by atoms with Crippen molar-refractivity contribution in [2.45, 2.75) is 20.8 Å². The second kappa shape index (κ2) is 6.26. The predicted molar refractivity (Wildman–Crippen MR) is 69.5 cm³/mol. The predicted octanol–water partition coefficient (Wildman–Crippen LogP) is 2.28. The summed E-state index contributed by atoms with van der Waals surface area (Å²) in [5, 5.41) is 12.3. The second-order valence-electron chi connectivity index (χ2n) is 3.35. The molecule has 1 aromatic heterocycles. The van der Waals surface area contributed by atoms with E-state index in [-0.39, 0.29) is 5.15 Å². The lowest BCUT2D eigenvalue weighted by Gasteiger charge is -2.21. The highest BCUT2D eigenvalue weighted by molar-refractivity contribution is 6.31. The molecular formula is C11H16ClN5. The Morgan fingerprint density at radius 2 is 1.94 bits per heavy atom. The Hall–Kier alpha value is -1.54. The minimum atomic E-state index is 0.195. The Morgan fingerprint density at radius 1 is 1.29 bits per heavy atom. The highest BCUT2D eigenvalue weighted by Gasteiger charge is 2.16. The summed E-state index contributed by atoms with van der Waals surface area (Å²) in [5.74, 6) is 1.05. The van der Waals surface area contributed by atoms with Crippen molar-refractivity contribution < 1.29 is 0 Å². The summed E-state index contributed by atoms with van der Waals surface area (Å²) in [7, 11) is 0. The summed E-state index contributed by atoms with van der Waals surface area (Å²) in [6.45, 7) is 8.21. The minimum absolute atomic E-state index is 0.195. The van der Waals surface area contributed by atoms with Gasteiger partial charge in [-0.2, -0.15) is 15.2 Å². The quantitative estimate of drug-likeness (QED) is 0.816. The fraction of sp³-hybridized carbons (Fsp3) is 0.545. The Bertz CT molecular complexity index is 423. The molecule has 5 nitrogen and oxygen atoms in total. The highest BCUT2D eigenvalue weighted by Crippen LogP contribution is 2.24. The maximum absolute atomic E-state index is 9.10. The van der Waals surface area contributed by atoms with Crippen LogP contribution in [0.1, 0.15) is 26.3 Å². The van der Waals surface area contributed by atoms with E-state index < -0.39 is 0 Å². The number of hydrogen-bond acceptors (Lipinski definition) is 5.